The predicted octanol–water partition coefficient (Wildman–Crippen LogP) is 4.91. The highest BCUT2D eigenvalue weighted by Gasteiger charge is 2.29. The fraction of sp³-hybridized carbons (Fsp3) is 0.893. The Morgan fingerprint density at radius 1 is 0.771 bits per heavy atom. The third kappa shape index (κ3) is 18.5. The normalized spacial score (nSPS) is 14.0. The SMILES string of the molecule is CCCOCCOCCNC(=O)[C@H](CCC(C)(C)C)CC(=O)[C@H](CCC(C)(C)C)NC(=O)C(C)C. The monoisotopic (exact) mass is 498 g/mol. The number of rotatable bonds is 18. The number of carbonyl (C=O) groups excluding carboxylic acids is 3. The molecule has 0 bridgehead atoms. The minimum Gasteiger partial charge on any atom is -0.379 e. The van der Waals surface area contributed by atoms with Crippen LogP contribution >= 0.6 is 0 Å². The molecule has 7 heteroatoms. The van der Waals surface area contributed by atoms with Gasteiger partial charge in [0.1, 0.15) is 0 Å². The Bertz CT molecular complexity index is 620. The number of ketones is 1. The highest BCUT2D eigenvalue weighted by atomic mass is 16.5. The highest BCUT2D eigenvalue weighted by molar-refractivity contribution is 5.92. The first kappa shape index (κ1) is 33.5. The van der Waals surface area contributed by atoms with Gasteiger partial charge in [0.05, 0.1) is 25.9 Å². The van der Waals surface area contributed by atoms with Gasteiger partial charge in [0, 0.05) is 31.4 Å². The predicted molar refractivity (Wildman–Crippen MR) is 142 cm³/mol. The quantitative estimate of drug-likeness (QED) is 0.262. The lowest BCUT2D eigenvalue weighted by atomic mass is 9.82. The van der Waals surface area contributed by atoms with E-state index in [2.05, 4.69) is 59.1 Å². The molecule has 0 heterocycles. The standard InChI is InChI=1S/C28H54N2O5/c1-10-16-34-18-19-35-17-15-29-26(33)22(11-13-27(4,5)6)20-24(31)23(12-14-28(7,8)9)30-25(32)21(2)3/h21-23H,10-20H2,1-9H3,(H,29,33)(H,30,32)/t22-,23+/m1/s1. The minimum absolute atomic E-state index is 0.0473. The second kappa shape index (κ2) is 17.1. The van der Waals surface area contributed by atoms with E-state index in [0.29, 0.717) is 39.2 Å². The number of nitrogens with one attached hydrogen (secondary N) is 2. The van der Waals surface area contributed by atoms with E-state index >= 15 is 0 Å². The van der Waals surface area contributed by atoms with Crippen molar-refractivity contribution in [2.24, 2.45) is 22.7 Å². The summed E-state index contributed by atoms with van der Waals surface area (Å²) in [6.45, 7) is 21.0. The summed E-state index contributed by atoms with van der Waals surface area (Å²) in [5.74, 6) is -0.956. The molecule has 0 aromatic carbocycles. The van der Waals surface area contributed by atoms with Crippen LogP contribution in [-0.2, 0) is 23.9 Å². The molecule has 0 saturated carbocycles. The molecule has 35 heavy (non-hydrogen) atoms. The summed E-state index contributed by atoms with van der Waals surface area (Å²) in [6.07, 6.45) is 3.93. The molecule has 206 valence electrons. The lowest BCUT2D eigenvalue weighted by molar-refractivity contribution is -0.133. The minimum atomic E-state index is -0.569. The maximum Gasteiger partial charge on any atom is 0.223 e. The van der Waals surface area contributed by atoms with Crippen molar-refractivity contribution in [1.82, 2.24) is 10.6 Å². The summed E-state index contributed by atoms with van der Waals surface area (Å²) in [5, 5.41) is 5.87. The molecule has 0 aliphatic rings. The Morgan fingerprint density at radius 3 is 1.83 bits per heavy atom. The van der Waals surface area contributed by atoms with Crippen molar-refractivity contribution in [2.75, 3.05) is 33.0 Å². The van der Waals surface area contributed by atoms with Crippen LogP contribution in [0.15, 0.2) is 0 Å². The molecule has 0 radical (unpaired) electrons. The van der Waals surface area contributed by atoms with E-state index in [1.165, 1.54) is 0 Å². The zero-order valence-corrected chi connectivity index (χ0v) is 24.1. The molecular formula is C28H54N2O5. The Balaban J connectivity index is 5.09. The third-order valence-corrected chi connectivity index (χ3v) is 5.74. The van der Waals surface area contributed by atoms with Gasteiger partial charge in [0.25, 0.3) is 0 Å². The zero-order chi connectivity index (χ0) is 27.1. The molecular weight excluding hydrogens is 444 g/mol. The molecule has 0 rings (SSSR count). The number of amides is 2. The summed E-state index contributed by atoms with van der Waals surface area (Å²) in [7, 11) is 0. The number of ether oxygens (including phenoxy) is 2. The highest BCUT2D eigenvalue weighted by Crippen LogP contribution is 2.27. The van der Waals surface area contributed by atoms with Crippen molar-refractivity contribution >= 4 is 17.6 Å². The van der Waals surface area contributed by atoms with E-state index in [9.17, 15) is 14.4 Å². The van der Waals surface area contributed by atoms with Crippen molar-refractivity contribution in [3.8, 4) is 0 Å². The fourth-order valence-corrected chi connectivity index (χ4v) is 3.40. The molecule has 0 fully saturated rings. The fourth-order valence-electron chi connectivity index (χ4n) is 3.40. The van der Waals surface area contributed by atoms with Gasteiger partial charge in [-0.1, -0.05) is 62.3 Å². The Kier molecular flexibility index (Phi) is 16.4. The van der Waals surface area contributed by atoms with Gasteiger partial charge in [-0.3, -0.25) is 14.4 Å². The molecule has 2 N–H and O–H groups in total. The average molecular weight is 499 g/mol. The largest absolute Gasteiger partial charge is 0.379 e. The first-order valence-electron chi connectivity index (χ1n) is 13.4. The number of Topliss-reactive ketones (excluding diaryl/α,β-unsaturated/α-hetero) is 1. The molecule has 7 nitrogen and oxygen atoms in total. The van der Waals surface area contributed by atoms with Crippen molar-refractivity contribution < 1.29 is 23.9 Å². The van der Waals surface area contributed by atoms with E-state index in [-0.39, 0.29) is 40.8 Å². The van der Waals surface area contributed by atoms with Crippen molar-refractivity contribution in [3.05, 3.63) is 0 Å². The van der Waals surface area contributed by atoms with E-state index in [1.54, 1.807) is 0 Å². The average Bonchev–Trinajstić information content (AvgIpc) is 2.73. The molecule has 2 amide bonds. The van der Waals surface area contributed by atoms with Crippen molar-refractivity contribution in [2.45, 2.75) is 107 Å². The molecule has 0 aromatic heterocycles. The second-order valence-electron chi connectivity index (χ2n) is 12.3. The Hall–Kier alpha value is -1.47. The van der Waals surface area contributed by atoms with Gasteiger partial charge in [-0.05, 0) is 42.9 Å². The molecule has 2 atom stereocenters. The van der Waals surface area contributed by atoms with E-state index in [1.807, 2.05) is 13.8 Å². The Labute approximate surface area is 214 Å². The van der Waals surface area contributed by atoms with Crippen LogP contribution in [0.5, 0.6) is 0 Å². The third-order valence-electron chi connectivity index (χ3n) is 5.74. The van der Waals surface area contributed by atoms with Gasteiger partial charge in [0.2, 0.25) is 11.8 Å². The second-order valence-corrected chi connectivity index (χ2v) is 12.3. The number of carbonyl (C=O) groups is 3. The zero-order valence-electron chi connectivity index (χ0n) is 24.1. The first-order chi connectivity index (χ1) is 16.2. The van der Waals surface area contributed by atoms with Crippen LogP contribution in [0.25, 0.3) is 0 Å². The van der Waals surface area contributed by atoms with Crippen molar-refractivity contribution in [3.63, 3.8) is 0 Å². The van der Waals surface area contributed by atoms with Crippen LogP contribution in [0.3, 0.4) is 0 Å². The van der Waals surface area contributed by atoms with Crippen LogP contribution in [0, 0.1) is 22.7 Å². The summed E-state index contributed by atoms with van der Waals surface area (Å²) < 4.78 is 10.9. The van der Waals surface area contributed by atoms with Gasteiger partial charge in [0.15, 0.2) is 5.78 Å². The van der Waals surface area contributed by atoms with Gasteiger partial charge in [-0.15, -0.1) is 0 Å². The lowest BCUT2D eigenvalue weighted by Crippen LogP contribution is -2.45. The summed E-state index contributed by atoms with van der Waals surface area (Å²) >= 11 is 0. The summed E-state index contributed by atoms with van der Waals surface area (Å²) in [5.41, 5.74) is 0.104. The molecule has 0 unspecified atom stereocenters. The topological polar surface area (TPSA) is 93.7 Å². The van der Waals surface area contributed by atoms with Crippen LogP contribution in [0.4, 0.5) is 0 Å². The molecule has 0 aliphatic carbocycles. The summed E-state index contributed by atoms with van der Waals surface area (Å²) in [4.78, 5) is 38.7. The van der Waals surface area contributed by atoms with Gasteiger partial charge in [-0.2, -0.15) is 0 Å². The van der Waals surface area contributed by atoms with Crippen LogP contribution in [-0.4, -0.2) is 56.6 Å². The lowest BCUT2D eigenvalue weighted by Gasteiger charge is -2.26. The van der Waals surface area contributed by atoms with Crippen molar-refractivity contribution in [1.29, 1.82) is 0 Å². The van der Waals surface area contributed by atoms with E-state index in [4.69, 9.17) is 9.47 Å². The number of hydrogen-bond acceptors (Lipinski definition) is 5. The first-order valence-corrected chi connectivity index (χ1v) is 13.4. The van der Waals surface area contributed by atoms with Gasteiger partial charge >= 0.3 is 0 Å². The molecule has 0 saturated heterocycles. The Morgan fingerprint density at radius 2 is 1.31 bits per heavy atom. The number of hydrogen-bond donors (Lipinski definition) is 2. The van der Waals surface area contributed by atoms with Gasteiger partial charge < -0.3 is 20.1 Å². The van der Waals surface area contributed by atoms with Crippen LogP contribution in [0.1, 0.15) is 101 Å². The van der Waals surface area contributed by atoms with Gasteiger partial charge in [-0.25, -0.2) is 0 Å². The molecule has 0 aromatic rings. The smallest absolute Gasteiger partial charge is 0.223 e. The van der Waals surface area contributed by atoms with E-state index in [0.717, 1.165) is 25.9 Å². The maximum absolute atomic E-state index is 13.3. The molecule has 0 aliphatic heterocycles. The van der Waals surface area contributed by atoms with E-state index < -0.39 is 12.0 Å². The van der Waals surface area contributed by atoms with Crippen LogP contribution in [0.2, 0.25) is 0 Å². The van der Waals surface area contributed by atoms with Crippen LogP contribution < -0.4 is 10.6 Å². The maximum atomic E-state index is 13.3. The summed E-state index contributed by atoms with van der Waals surface area (Å²) in [6, 6.07) is -0.569. The molecule has 0 spiro atoms.